The van der Waals surface area contributed by atoms with Crippen LogP contribution in [-0.4, -0.2) is 23.1 Å². The van der Waals surface area contributed by atoms with E-state index < -0.39 is 0 Å². The maximum atomic E-state index is 5.66. The Bertz CT molecular complexity index is 332. The van der Waals surface area contributed by atoms with Gasteiger partial charge in [-0.1, -0.05) is 25.7 Å². The van der Waals surface area contributed by atoms with Gasteiger partial charge in [-0.15, -0.1) is 0 Å². The van der Waals surface area contributed by atoms with Crippen molar-refractivity contribution in [2.24, 2.45) is 0 Å². The molecule has 1 aliphatic carbocycles. The van der Waals surface area contributed by atoms with Crippen LogP contribution in [0.2, 0.25) is 0 Å². The molecule has 0 aromatic carbocycles. The van der Waals surface area contributed by atoms with Crippen molar-refractivity contribution in [3.8, 4) is 0 Å². The molecule has 0 amide bonds. The second-order valence-corrected chi connectivity index (χ2v) is 4.56. The molecule has 1 fully saturated rings. The Balaban J connectivity index is 2.07. The fraction of sp³-hybridized carbons (Fsp3) is 0.667. The first-order valence-electron chi connectivity index (χ1n) is 6.08. The van der Waals surface area contributed by atoms with Crippen LogP contribution in [0.15, 0.2) is 12.4 Å². The van der Waals surface area contributed by atoms with Gasteiger partial charge in [0, 0.05) is 13.1 Å². The van der Waals surface area contributed by atoms with E-state index >= 15 is 0 Å². The van der Waals surface area contributed by atoms with Gasteiger partial charge < -0.3 is 10.6 Å². The average molecular weight is 220 g/mol. The first-order valence-corrected chi connectivity index (χ1v) is 6.08. The number of hydrogen-bond acceptors (Lipinski definition) is 4. The Morgan fingerprint density at radius 3 is 2.50 bits per heavy atom. The second kappa shape index (κ2) is 5.14. The van der Waals surface area contributed by atoms with Crippen molar-refractivity contribution >= 4 is 11.6 Å². The Morgan fingerprint density at radius 1 is 1.19 bits per heavy atom. The SMILES string of the molecule is CN(c1cncc(N)n1)C1CCCCCC1. The van der Waals surface area contributed by atoms with Gasteiger partial charge in [-0.25, -0.2) is 4.98 Å². The zero-order chi connectivity index (χ0) is 11.4. The van der Waals surface area contributed by atoms with Crippen LogP contribution in [0.25, 0.3) is 0 Å². The van der Waals surface area contributed by atoms with Gasteiger partial charge in [-0.2, -0.15) is 0 Å². The van der Waals surface area contributed by atoms with Crippen molar-refractivity contribution in [2.75, 3.05) is 17.7 Å². The van der Waals surface area contributed by atoms with Crippen LogP contribution >= 0.6 is 0 Å². The summed E-state index contributed by atoms with van der Waals surface area (Å²) in [6.45, 7) is 0. The van der Waals surface area contributed by atoms with E-state index in [2.05, 4.69) is 21.9 Å². The lowest BCUT2D eigenvalue weighted by Crippen LogP contribution is -2.31. The molecular weight excluding hydrogens is 200 g/mol. The van der Waals surface area contributed by atoms with Gasteiger partial charge in [-0.05, 0) is 12.8 Å². The largest absolute Gasteiger partial charge is 0.382 e. The quantitative estimate of drug-likeness (QED) is 0.776. The fourth-order valence-electron chi connectivity index (χ4n) is 2.37. The summed E-state index contributed by atoms with van der Waals surface area (Å²) in [5, 5.41) is 0. The summed E-state index contributed by atoms with van der Waals surface area (Å²) in [4.78, 5) is 10.6. The average Bonchev–Trinajstić information content (AvgIpc) is 2.56. The predicted molar refractivity (Wildman–Crippen MR) is 66.3 cm³/mol. The van der Waals surface area contributed by atoms with Crippen molar-refractivity contribution in [3.63, 3.8) is 0 Å². The fourth-order valence-corrected chi connectivity index (χ4v) is 2.37. The number of rotatable bonds is 2. The van der Waals surface area contributed by atoms with Gasteiger partial charge in [-0.3, -0.25) is 4.98 Å². The number of anilines is 2. The molecule has 0 atom stereocenters. The van der Waals surface area contributed by atoms with Gasteiger partial charge >= 0.3 is 0 Å². The molecule has 1 heterocycles. The van der Waals surface area contributed by atoms with Gasteiger partial charge in [0.15, 0.2) is 0 Å². The summed E-state index contributed by atoms with van der Waals surface area (Å²) in [6.07, 6.45) is 11.3. The molecule has 4 heteroatoms. The van der Waals surface area contributed by atoms with Gasteiger partial charge in [0.2, 0.25) is 0 Å². The number of aromatic nitrogens is 2. The van der Waals surface area contributed by atoms with Crippen LogP contribution < -0.4 is 10.6 Å². The van der Waals surface area contributed by atoms with E-state index in [9.17, 15) is 0 Å². The normalized spacial score (nSPS) is 18.1. The molecule has 0 unspecified atom stereocenters. The number of hydrogen-bond donors (Lipinski definition) is 1. The highest BCUT2D eigenvalue weighted by atomic mass is 15.2. The van der Waals surface area contributed by atoms with Gasteiger partial charge in [0.05, 0.1) is 12.4 Å². The minimum atomic E-state index is 0.498. The molecule has 16 heavy (non-hydrogen) atoms. The lowest BCUT2D eigenvalue weighted by Gasteiger charge is -2.27. The minimum Gasteiger partial charge on any atom is -0.382 e. The Kier molecular flexibility index (Phi) is 3.59. The Labute approximate surface area is 96.9 Å². The Hall–Kier alpha value is -1.32. The van der Waals surface area contributed by atoms with Crippen molar-refractivity contribution < 1.29 is 0 Å². The van der Waals surface area contributed by atoms with Crippen LogP contribution in [0.5, 0.6) is 0 Å². The summed E-state index contributed by atoms with van der Waals surface area (Å²) in [7, 11) is 2.10. The molecule has 1 aromatic rings. The molecule has 0 aliphatic heterocycles. The third kappa shape index (κ3) is 2.62. The smallest absolute Gasteiger partial charge is 0.149 e. The zero-order valence-corrected chi connectivity index (χ0v) is 9.89. The highest BCUT2D eigenvalue weighted by Gasteiger charge is 2.18. The van der Waals surface area contributed by atoms with Gasteiger partial charge in [0.25, 0.3) is 0 Å². The van der Waals surface area contributed by atoms with Crippen molar-refractivity contribution in [2.45, 2.75) is 44.6 Å². The lowest BCUT2D eigenvalue weighted by molar-refractivity contribution is 0.549. The molecule has 1 aromatic heterocycles. The first-order chi connectivity index (χ1) is 7.77. The van der Waals surface area contributed by atoms with E-state index in [1.165, 1.54) is 38.5 Å². The van der Waals surface area contributed by atoms with Gasteiger partial charge in [0.1, 0.15) is 11.6 Å². The molecular formula is C12H20N4. The lowest BCUT2D eigenvalue weighted by atomic mass is 10.1. The van der Waals surface area contributed by atoms with E-state index in [4.69, 9.17) is 5.73 Å². The maximum absolute atomic E-state index is 5.66. The minimum absolute atomic E-state index is 0.498. The highest BCUT2D eigenvalue weighted by Crippen LogP contribution is 2.24. The standard InChI is InChI=1S/C12H20N4/c1-16(10-6-4-2-3-5-7-10)12-9-14-8-11(13)15-12/h8-10H,2-7H2,1H3,(H2,13,15). The Morgan fingerprint density at radius 2 is 1.88 bits per heavy atom. The molecule has 0 saturated heterocycles. The summed E-state index contributed by atoms with van der Waals surface area (Å²) in [6, 6.07) is 0.596. The highest BCUT2D eigenvalue weighted by molar-refractivity contribution is 5.41. The molecule has 0 radical (unpaired) electrons. The third-order valence-electron chi connectivity index (χ3n) is 3.37. The molecule has 1 aliphatic rings. The summed E-state index contributed by atoms with van der Waals surface area (Å²) in [5.41, 5.74) is 5.66. The monoisotopic (exact) mass is 220 g/mol. The number of nitrogen functional groups attached to an aromatic ring is 1. The van der Waals surface area contributed by atoms with Crippen LogP contribution in [0.3, 0.4) is 0 Å². The first kappa shape index (κ1) is 11.2. The third-order valence-corrected chi connectivity index (χ3v) is 3.37. The predicted octanol–water partition coefficient (Wildman–Crippen LogP) is 2.22. The molecule has 0 spiro atoms. The van der Waals surface area contributed by atoms with E-state index in [1.54, 1.807) is 12.4 Å². The molecule has 1 saturated carbocycles. The molecule has 88 valence electrons. The van der Waals surface area contributed by atoms with Crippen LogP contribution in [0.1, 0.15) is 38.5 Å². The van der Waals surface area contributed by atoms with Crippen LogP contribution in [0, 0.1) is 0 Å². The number of nitrogens with zero attached hydrogens (tertiary/aromatic N) is 3. The number of nitrogens with two attached hydrogens (primary N) is 1. The van der Waals surface area contributed by atoms with E-state index in [-0.39, 0.29) is 0 Å². The molecule has 2 N–H and O–H groups in total. The van der Waals surface area contributed by atoms with Crippen LogP contribution in [-0.2, 0) is 0 Å². The molecule has 4 nitrogen and oxygen atoms in total. The van der Waals surface area contributed by atoms with E-state index in [0.29, 0.717) is 11.9 Å². The van der Waals surface area contributed by atoms with Crippen molar-refractivity contribution in [3.05, 3.63) is 12.4 Å². The molecule has 2 rings (SSSR count). The van der Waals surface area contributed by atoms with E-state index in [1.807, 2.05) is 0 Å². The maximum Gasteiger partial charge on any atom is 0.149 e. The summed E-state index contributed by atoms with van der Waals surface area (Å²) < 4.78 is 0. The summed E-state index contributed by atoms with van der Waals surface area (Å²) >= 11 is 0. The second-order valence-electron chi connectivity index (χ2n) is 4.56. The van der Waals surface area contributed by atoms with Crippen molar-refractivity contribution in [1.82, 2.24) is 9.97 Å². The molecule has 0 bridgehead atoms. The topological polar surface area (TPSA) is 55.0 Å². The zero-order valence-electron chi connectivity index (χ0n) is 9.89. The van der Waals surface area contributed by atoms with Crippen LogP contribution in [0.4, 0.5) is 11.6 Å². The van der Waals surface area contributed by atoms with E-state index in [0.717, 1.165) is 5.82 Å². The summed E-state index contributed by atoms with van der Waals surface area (Å²) in [5.74, 6) is 1.39. The van der Waals surface area contributed by atoms with Crippen molar-refractivity contribution in [1.29, 1.82) is 0 Å².